The van der Waals surface area contributed by atoms with Gasteiger partial charge >= 0.3 is 0 Å². The number of aromatic nitrogens is 3. The molecule has 138 valence electrons. The number of halogens is 1. The van der Waals surface area contributed by atoms with Crippen molar-refractivity contribution in [3.8, 4) is 5.69 Å². The van der Waals surface area contributed by atoms with Crippen LogP contribution >= 0.6 is 15.9 Å². The molecule has 7 heteroatoms. The van der Waals surface area contributed by atoms with Crippen LogP contribution in [0.1, 0.15) is 16.2 Å². The Morgan fingerprint density at radius 3 is 2.44 bits per heavy atom. The number of pyridine rings is 1. The van der Waals surface area contributed by atoms with Gasteiger partial charge in [0.1, 0.15) is 5.82 Å². The Labute approximate surface area is 166 Å². The van der Waals surface area contributed by atoms with Crippen molar-refractivity contribution < 1.29 is 4.79 Å². The third-order valence-electron chi connectivity index (χ3n) is 4.71. The number of hydrogen-bond donors (Lipinski definition) is 0. The van der Waals surface area contributed by atoms with E-state index >= 15 is 0 Å². The number of hydrogen-bond acceptors (Lipinski definition) is 4. The van der Waals surface area contributed by atoms with E-state index in [1.54, 1.807) is 6.20 Å². The van der Waals surface area contributed by atoms with Crippen LogP contribution in [0.5, 0.6) is 0 Å². The van der Waals surface area contributed by atoms with Crippen LogP contribution in [0.2, 0.25) is 0 Å². The highest BCUT2D eigenvalue weighted by Crippen LogP contribution is 2.18. The van der Waals surface area contributed by atoms with Crippen molar-refractivity contribution in [3.63, 3.8) is 0 Å². The molecule has 1 aliphatic heterocycles. The second-order valence-electron chi connectivity index (χ2n) is 6.53. The van der Waals surface area contributed by atoms with Gasteiger partial charge in [0.2, 0.25) is 0 Å². The van der Waals surface area contributed by atoms with Crippen molar-refractivity contribution in [2.45, 2.75) is 6.92 Å². The topological polar surface area (TPSA) is 54.3 Å². The second kappa shape index (κ2) is 7.52. The predicted octanol–water partition coefficient (Wildman–Crippen LogP) is 3.30. The average Bonchev–Trinajstić information content (AvgIpc) is 3.10. The molecule has 0 atom stereocenters. The quantitative estimate of drug-likeness (QED) is 0.645. The number of carbonyl (C=O) groups excluding carboxylic acids is 1. The monoisotopic (exact) mass is 425 g/mol. The summed E-state index contributed by atoms with van der Waals surface area (Å²) in [6.45, 7) is 4.81. The molecule has 0 saturated carbocycles. The van der Waals surface area contributed by atoms with Crippen molar-refractivity contribution in [2.75, 3.05) is 31.1 Å². The molecule has 2 aromatic heterocycles. The fourth-order valence-electron chi connectivity index (χ4n) is 3.27. The lowest BCUT2D eigenvalue weighted by Gasteiger charge is -2.35. The fraction of sp³-hybridized carbons (Fsp3) is 0.250. The number of piperazine rings is 1. The lowest BCUT2D eigenvalue weighted by atomic mass is 10.2. The molecule has 1 fully saturated rings. The molecule has 27 heavy (non-hydrogen) atoms. The molecular formula is C20H20BrN5O. The highest BCUT2D eigenvalue weighted by Gasteiger charge is 2.25. The molecule has 0 bridgehead atoms. The molecule has 0 unspecified atom stereocenters. The first-order chi connectivity index (χ1) is 13.1. The van der Waals surface area contributed by atoms with Crippen LogP contribution in [0.4, 0.5) is 5.82 Å². The Kier molecular flexibility index (Phi) is 4.94. The number of aryl methyl sites for hydroxylation is 1. The van der Waals surface area contributed by atoms with Crippen molar-refractivity contribution in [3.05, 3.63) is 70.6 Å². The van der Waals surface area contributed by atoms with Crippen LogP contribution in [0.25, 0.3) is 5.69 Å². The van der Waals surface area contributed by atoms with E-state index in [4.69, 9.17) is 0 Å². The smallest absolute Gasteiger partial charge is 0.274 e. The highest BCUT2D eigenvalue weighted by atomic mass is 79.9. The van der Waals surface area contributed by atoms with Gasteiger partial charge in [0.25, 0.3) is 5.91 Å². The number of benzene rings is 1. The van der Waals surface area contributed by atoms with Gasteiger partial charge in [-0.25, -0.2) is 9.67 Å². The zero-order valence-electron chi connectivity index (χ0n) is 15.0. The summed E-state index contributed by atoms with van der Waals surface area (Å²) in [5.74, 6) is 0.922. The molecular weight excluding hydrogens is 406 g/mol. The Bertz CT molecular complexity index is 931. The SMILES string of the molecule is Cc1cc(C(=O)N2CCN(c3ccc(Br)cn3)CC2)nn1-c1ccccc1. The minimum absolute atomic E-state index is 0.0174. The van der Waals surface area contributed by atoms with E-state index in [9.17, 15) is 4.79 Å². The third-order valence-corrected chi connectivity index (χ3v) is 5.18. The van der Waals surface area contributed by atoms with Gasteiger partial charge in [0.15, 0.2) is 5.69 Å². The summed E-state index contributed by atoms with van der Waals surface area (Å²) in [7, 11) is 0. The number of carbonyl (C=O) groups is 1. The van der Waals surface area contributed by atoms with E-state index in [1.807, 2.05) is 65.0 Å². The first-order valence-corrected chi connectivity index (χ1v) is 9.69. The summed E-state index contributed by atoms with van der Waals surface area (Å²) in [5, 5.41) is 4.54. The molecule has 0 aliphatic carbocycles. The zero-order chi connectivity index (χ0) is 18.8. The molecule has 0 N–H and O–H groups in total. The first kappa shape index (κ1) is 17.7. The van der Waals surface area contributed by atoms with Gasteiger partial charge in [-0.15, -0.1) is 0 Å². The number of anilines is 1. The van der Waals surface area contributed by atoms with Crippen molar-refractivity contribution in [2.24, 2.45) is 0 Å². The standard InChI is InChI=1S/C20H20BrN5O/c1-15-13-18(23-26(15)17-5-3-2-4-6-17)20(27)25-11-9-24(10-12-25)19-8-7-16(21)14-22-19/h2-8,13-14H,9-12H2,1H3. The van der Waals surface area contributed by atoms with E-state index in [0.29, 0.717) is 18.8 Å². The number of amides is 1. The number of nitrogens with zero attached hydrogens (tertiary/aromatic N) is 5. The van der Waals surface area contributed by atoms with Crippen LogP contribution in [0.3, 0.4) is 0 Å². The van der Waals surface area contributed by atoms with Gasteiger partial charge in [-0.3, -0.25) is 4.79 Å². The molecule has 3 heterocycles. The Morgan fingerprint density at radius 1 is 1.04 bits per heavy atom. The normalized spacial score (nSPS) is 14.4. The zero-order valence-corrected chi connectivity index (χ0v) is 16.6. The molecule has 1 aromatic carbocycles. The van der Waals surface area contributed by atoms with Crippen LogP contribution in [0, 0.1) is 6.92 Å². The predicted molar refractivity (Wildman–Crippen MR) is 108 cm³/mol. The largest absolute Gasteiger partial charge is 0.353 e. The van der Waals surface area contributed by atoms with E-state index in [-0.39, 0.29) is 5.91 Å². The first-order valence-electron chi connectivity index (χ1n) is 8.90. The molecule has 0 radical (unpaired) electrons. The summed E-state index contributed by atoms with van der Waals surface area (Å²) in [4.78, 5) is 21.4. The van der Waals surface area contributed by atoms with Crippen LogP contribution in [-0.2, 0) is 0 Å². The lowest BCUT2D eigenvalue weighted by molar-refractivity contribution is 0.0740. The maximum atomic E-state index is 12.9. The van der Waals surface area contributed by atoms with E-state index < -0.39 is 0 Å². The van der Waals surface area contributed by atoms with Crippen molar-refractivity contribution >= 4 is 27.7 Å². The minimum atomic E-state index is -0.0174. The van der Waals surface area contributed by atoms with E-state index in [2.05, 4.69) is 30.9 Å². The lowest BCUT2D eigenvalue weighted by Crippen LogP contribution is -2.49. The van der Waals surface area contributed by atoms with Gasteiger partial charge in [-0.05, 0) is 53.2 Å². The van der Waals surface area contributed by atoms with Gasteiger partial charge in [-0.2, -0.15) is 5.10 Å². The molecule has 6 nitrogen and oxygen atoms in total. The van der Waals surface area contributed by atoms with E-state index in [0.717, 1.165) is 34.8 Å². The summed E-state index contributed by atoms with van der Waals surface area (Å²) >= 11 is 3.41. The van der Waals surface area contributed by atoms with Gasteiger partial charge in [0.05, 0.1) is 5.69 Å². The van der Waals surface area contributed by atoms with Gasteiger partial charge in [0, 0.05) is 42.5 Å². The molecule has 1 saturated heterocycles. The number of rotatable bonds is 3. The Balaban J connectivity index is 1.45. The summed E-state index contributed by atoms with van der Waals surface area (Å²) in [6.07, 6.45) is 1.80. The Morgan fingerprint density at radius 2 is 1.78 bits per heavy atom. The molecule has 1 amide bonds. The highest BCUT2D eigenvalue weighted by molar-refractivity contribution is 9.10. The number of para-hydroxylation sites is 1. The van der Waals surface area contributed by atoms with Crippen LogP contribution in [0.15, 0.2) is 59.2 Å². The fourth-order valence-corrected chi connectivity index (χ4v) is 3.50. The van der Waals surface area contributed by atoms with Gasteiger partial charge in [-0.1, -0.05) is 18.2 Å². The Hall–Kier alpha value is -2.67. The molecule has 1 aliphatic rings. The maximum Gasteiger partial charge on any atom is 0.274 e. The average molecular weight is 426 g/mol. The van der Waals surface area contributed by atoms with E-state index in [1.165, 1.54) is 0 Å². The second-order valence-corrected chi connectivity index (χ2v) is 7.45. The van der Waals surface area contributed by atoms with Gasteiger partial charge < -0.3 is 9.80 Å². The summed E-state index contributed by atoms with van der Waals surface area (Å²) in [6, 6.07) is 15.7. The van der Waals surface area contributed by atoms with Crippen LogP contribution in [-0.4, -0.2) is 51.8 Å². The molecule has 3 aromatic rings. The maximum absolute atomic E-state index is 12.9. The summed E-state index contributed by atoms with van der Waals surface area (Å²) in [5.41, 5.74) is 2.40. The summed E-state index contributed by atoms with van der Waals surface area (Å²) < 4.78 is 2.78. The minimum Gasteiger partial charge on any atom is -0.353 e. The molecule has 0 spiro atoms. The third kappa shape index (κ3) is 3.73. The van der Waals surface area contributed by atoms with Crippen molar-refractivity contribution in [1.29, 1.82) is 0 Å². The molecule has 4 rings (SSSR count). The van der Waals surface area contributed by atoms with Crippen molar-refractivity contribution in [1.82, 2.24) is 19.7 Å². The van der Waals surface area contributed by atoms with Crippen LogP contribution < -0.4 is 4.90 Å².